The highest BCUT2D eigenvalue weighted by Crippen LogP contribution is 2.10. The van der Waals surface area contributed by atoms with Crippen molar-refractivity contribution in [3.05, 3.63) is 29.8 Å². The van der Waals surface area contributed by atoms with Crippen LogP contribution in [0.15, 0.2) is 18.2 Å². The van der Waals surface area contributed by atoms with Crippen molar-refractivity contribution in [3.63, 3.8) is 0 Å². The highest BCUT2D eigenvalue weighted by molar-refractivity contribution is 5.26. The first-order valence-corrected chi connectivity index (χ1v) is 3.55. The maximum atomic E-state index is 8.46. The number of hydrogen-bond acceptors (Lipinski definition) is 2. The summed E-state index contributed by atoms with van der Waals surface area (Å²) in [6, 6.07) is 8.52. The minimum absolute atomic E-state index is 0.0532. The zero-order valence-corrected chi connectivity index (χ0v) is 6.50. The van der Waals surface area contributed by atoms with Crippen LogP contribution in [0.5, 0.6) is 5.75 Å². The molecule has 0 aliphatic rings. The zero-order valence-electron chi connectivity index (χ0n) is 6.50. The van der Waals surface area contributed by atoms with Crippen LogP contribution in [-0.2, 0) is 0 Å². The smallest absolute Gasteiger partial charge is 0.119 e. The van der Waals surface area contributed by atoms with Gasteiger partial charge in [0.1, 0.15) is 12.4 Å². The van der Waals surface area contributed by atoms with Crippen LogP contribution >= 0.6 is 0 Å². The highest BCUT2D eigenvalue weighted by Gasteiger charge is 1.91. The molecule has 0 unspecified atom stereocenters. The van der Waals surface area contributed by atoms with Gasteiger partial charge in [-0.15, -0.1) is 0 Å². The Morgan fingerprint density at radius 3 is 3.09 bits per heavy atom. The number of rotatable bonds is 3. The van der Waals surface area contributed by atoms with Crippen molar-refractivity contribution >= 4 is 0 Å². The SMILES string of the molecule is Cc1[c]ccc(OCCO)c1. The number of aryl methyl sites for hydroxylation is 1. The molecule has 1 aromatic carbocycles. The Bertz CT molecular complexity index is 221. The molecule has 2 nitrogen and oxygen atoms in total. The summed E-state index contributed by atoms with van der Waals surface area (Å²) in [7, 11) is 0. The van der Waals surface area contributed by atoms with Gasteiger partial charge in [0.25, 0.3) is 0 Å². The molecule has 1 radical (unpaired) electrons. The second-order valence-corrected chi connectivity index (χ2v) is 2.28. The van der Waals surface area contributed by atoms with Crippen LogP contribution in [-0.4, -0.2) is 18.3 Å². The molecule has 0 amide bonds. The molecule has 59 valence electrons. The Hall–Kier alpha value is -1.02. The van der Waals surface area contributed by atoms with Crippen LogP contribution in [0.3, 0.4) is 0 Å². The summed E-state index contributed by atoms with van der Waals surface area (Å²) in [5.41, 5.74) is 1.04. The van der Waals surface area contributed by atoms with Gasteiger partial charge in [0.05, 0.1) is 6.61 Å². The quantitative estimate of drug-likeness (QED) is 0.702. The molecule has 0 saturated heterocycles. The van der Waals surface area contributed by atoms with Crippen molar-refractivity contribution in [1.29, 1.82) is 0 Å². The Morgan fingerprint density at radius 2 is 2.45 bits per heavy atom. The first kappa shape index (κ1) is 8.08. The molecule has 2 heteroatoms. The molecule has 11 heavy (non-hydrogen) atoms. The fourth-order valence-electron chi connectivity index (χ4n) is 0.812. The molecular weight excluding hydrogens is 140 g/mol. The molecule has 0 aromatic heterocycles. The van der Waals surface area contributed by atoms with E-state index in [-0.39, 0.29) is 6.61 Å². The normalized spacial score (nSPS) is 9.64. The molecule has 0 aliphatic carbocycles. The molecule has 0 heterocycles. The van der Waals surface area contributed by atoms with Crippen LogP contribution in [0.1, 0.15) is 5.56 Å². The largest absolute Gasteiger partial charge is 0.491 e. The van der Waals surface area contributed by atoms with E-state index >= 15 is 0 Å². The zero-order chi connectivity index (χ0) is 8.10. The van der Waals surface area contributed by atoms with Gasteiger partial charge >= 0.3 is 0 Å². The first-order chi connectivity index (χ1) is 5.33. The maximum Gasteiger partial charge on any atom is 0.119 e. The Kier molecular flexibility index (Phi) is 2.93. The average Bonchev–Trinajstić information content (AvgIpc) is 2.01. The standard InChI is InChI=1S/C9H11O2/c1-8-3-2-4-9(7-8)11-6-5-10/h2,4,7,10H,5-6H2,1H3. The van der Waals surface area contributed by atoms with Gasteiger partial charge in [0, 0.05) is 0 Å². The lowest BCUT2D eigenvalue weighted by Gasteiger charge is -2.03. The summed E-state index contributed by atoms with van der Waals surface area (Å²) in [5, 5.41) is 8.46. The van der Waals surface area contributed by atoms with E-state index in [4.69, 9.17) is 9.84 Å². The summed E-state index contributed by atoms with van der Waals surface area (Å²) < 4.78 is 5.17. The predicted octanol–water partition coefficient (Wildman–Crippen LogP) is 1.17. The minimum Gasteiger partial charge on any atom is -0.491 e. The number of aliphatic hydroxyl groups excluding tert-OH is 1. The van der Waals surface area contributed by atoms with Crippen molar-refractivity contribution in [2.45, 2.75) is 6.92 Å². The number of ether oxygens (including phenoxy) is 1. The Labute approximate surface area is 66.4 Å². The molecular formula is C9H11O2. The lowest BCUT2D eigenvalue weighted by Crippen LogP contribution is -2.01. The van der Waals surface area contributed by atoms with Crippen LogP contribution in [0, 0.1) is 13.0 Å². The third kappa shape index (κ3) is 2.60. The predicted molar refractivity (Wildman–Crippen MR) is 42.6 cm³/mol. The lowest BCUT2D eigenvalue weighted by molar-refractivity contribution is 0.201. The van der Waals surface area contributed by atoms with E-state index in [0.29, 0.717) is 6.61 Å². The average molecular weight is 151 g/mol. The van der Waals surface area contributed by atoms with E-state index < -0.39 is 0 Å². The highest BCUT2D eigenvalue weighted by atomic mass is 16.5. The van der Waals surface area contributed by atoms with E-state index in [9.17, 15) is 0 Å². The number of hydrogen-bond donors (Lipinski definition) is 1. The van der Waals surface area contributed by atoms with Crippen molar-refractivity contribution in [1.82, 2.24) is 0 Å². The topological polar surface area (TPSA) is 29.5 Å². The molecule has 0 saturated carbocycles. The van der Waals surface area contributed by atoms with Gasteiger partial charge in [-0.3, -0.25) is 0 Å². The van der Waals surface area contributed by atoms with E-state index in [1.165, 1.54) is 0 Å². The fraction of sp³-hybridized carbons (Fsp3) is 0.333. The van der Waals surface area contributed by atoms with Crippen molar-refractivity contribution in [3.8, 4) is 5.75 Å². The summed E-state index contributed by atoms with van der Waals surface area (Å²) >= 11 is 0. The van der Waals surface area contributed by atoms with Gasteiger partial charge in [-0.25, -0.2) is 0 Å². The van der Waals surface area contributed by atoms with Gasteiger partial charge in [0.15, 0.2) is 0 Å². The van der Waals surface area contributed by atoms with Crippen LogP contribution in [0.25, 0.3) is 0 Å². The number of benzene rings is 1. The van der Waals surface area contributed by atoms with E-state index in [2.05, 4.69) is 6.07 Å². The van der Waals surface area contributed by atoms with Crippen molar-refractivity contribution in [2.75, 3.05) is 13.2 Å². The minimum atomic E-state index is 0.0532. The van der Waals surface area contributed by atoms with Gasteiger partial charge in [-0.1, -0.05) is 6.07 Å². The van der Waals surface area contributed by atoms with Crippen LogP contribution in [0.2, 0.25) is 0 Å². The molecule has 0 bridgehead atoms. The molecule has 0 aliphatic heterocycles. The fourth-order valence-corrected chi connectivity index (χ4v) is 0.812. The third-order valence-corrected chi connectivity index (χ3v) is 1.28. The summed E-state index contributed by atoms with van der Waals surface area (Å²) in [5.74, 6) is 0.787. The Morgan fingerprint density at radius 1 is 1.64 bits per heavy atom. The monoisotopic (exact) mass is 151 g/mol. The van der Waals surface area contributed by atoms with E-state index in [1.807, 2.05) is 25.1 Å². The van der Waals surface area contributed by atoms with Gasteiger partial charge in [0.2, 0.25) is 0 Å². The lowest BCUT2D eigenvalue weighted by atomic mass is 10.2. The first-order valence-electron chi connectivity index (χ1n) is 3.55. The Balaban J connectivity index is 2.56. The third-order valence-electron chi connectivity index (χ3n) is 1.28. The second-order valence-electron chi connectivity index (χ2n) is 2.28. The molecule has 0 fully saturated rings. The summed E-state index contributed by atoms with van der Waals surface area (Å²) in [6.07, 6.45) is 0. The summed E-state index contributed by atoms with van der Waals surface area (Å²) in [6.45, 7) is 2.35. The van der Waals surface area contributed by atoms with Crippen LogP contribution in [0.4, 0.5) is 0 Å². The van der Waals surface area contributed by atoms with E-state index in [1.54, 1.807) is 0 Å². The van der Waals surface area contributed by atoms with Gasteiger partial charge in [-0.2, -0.15) is 0 Å². The number of aliphatic hydroxyl groups is 1. The molecule has 1 rings (SSSR count). The van der Waals surface area contributed by atoms with Gasteiger partial charge in [-0.05, 0) is 30.7 Å². The molecule has 1 N–H and O–H groups in total. The van der Waals surface area contributed by atoms with E-state index in [0.717, 1.165) is 11.3 Å². The van der Waals surface area contributed by atoms with Gasteiger partial charge < -0.3 is 9.84 Å². The second kappa shape index (κ2) is 3.98. The molecule has 0 atom stereocenters. The maximum absolute atomic E-state index is 8.46. The molecule has 1 aromatic rings. The molecule has 0 spiro atoms. The van der Waals surface area contributed by atoms with Crippen molar-refractivity contribution in [2.24, 2.45) is 0 Å². The van der Waals surface area contributed by atoms with Crippen LogP contribution < -0.4 is 4.74 Å². The van der Waals surface area contributed by atoms with Crippen molar-refractivity contribution < 1.29 is 9.84 Å². The summed E-state index contributed by atoms with van der Waals surface area (Å²) in [4.78, 5) is 0.